The van der Waals surface area contributed by atoms with Crippen LogP contribution in [0.25, 0.3) is 0 Å². The van der Waals surface area contributed by atoms with E-state index in [1.165, 1.54) is 16.4 Å². The minimum atomic E-state index is -4.63. The van der Waals surface area contributed by atoms with Crippen LogP contribution in [0.5, 0.6) is 0 Å². The van der Waals surface area contributed by atoms with Crippen molar-refractivity contribution in [1.29, 1.82) is 0 Å². The number of para-hydroxylation sites is 1. The van der Waals surface area contributed by atoms with Gasteiger partial charge in [0.15, 0.2) is 0 Å². The molecule has 1 fully saturated rings. The zero-order valence-electron chi connectivity index (χ0n) is 16.3. The highest BCUT2D eigenvalue weighted by atomic mass is 32.2. The molecule has 0 aliphatic carbocycles. The van der Waals surface area contributed by atoms with Crippen LogP contribution in [-0.2, 0) is 27.7 Å². The Morgan fingerprint density at radius 3 is 2.37 bits per heavy atom. The van der Waals surface area contributed by atoms with Crippen LogP contribution in [0.15, 0.2) is 48.5 Å². The summed E-state index contributed by atoms with van der Waals surface area (Å²) in [6.07, 6.45) is -4.12. The van der Waals surface area contributed by atoms with Crippen LogP contribution in [0.2, 0.25) is 0 Å². The molecule has 0 saturated carbocycles. The Balaban J connectivity index is 1.72. The van der Waals surface area contributed by atoms with E-state index in [-0.39, 0.29) is 13.1 Å². The molecule has 0 bridgehead atoms. The van der Waals surface area contributed by atoms with Crippen molar-refractivity contribution >= 4 is 21.8 Å². The maximum absolute atomic E-state index is 13.1. The van der Waals surface area contributed by atoms with E-state index in [1.54, 1.807) is 0 Å². The number of amides is 1. The number of nitrogens with zero attached hydrogens (tertiary/aromatic N) is 2. The fraction of sp³-hybridized carbons (Fsp3) is 0.350. The lowest BCUT2D eigenvalue weighted by Gasteiger charge is -2.34. The average molecular weight is 441 g/mol. The molecule has 0 spiro atoms. The second-order valence-corrected chi connectivity index (χ2v) is 8.97. The fourth-order valence-electron chi connectivity index (χ4n) is 3.31. The van der Waals surface area contributed by atoms with Gasteiger partial charge in [-0.15, -0.1) is 0 Å². The normalized spacial score (nSPS) is 17.6. The topological polar surface area (TPSA) is 69.7 Å². The lowest BCUT2D eigenvalue weighted by molar-refractivity contribution is -0.137. The maximum atomic E-state index is 13.1. The van der Waals surface area contributed by atoms with Crippen LogP contribution in [0.4, 0.5) is 18.9 Å². The van der Waals surface area contributed by atoms with Gasteiger partial charge in [-0.2, -0.15) is 30.2 Å². The maximum Gasteiger partial charge on any atom is 0.418 e. The molecule has 30 heavy (non-hydrogen) atoms. The Kier molecular flexibility index (Phi) is 6.49. The number of rotatable bonds is 5. The molecule has 0 unspecified atom stereocenters. The highest BCUT2D eigenvalue weighted by Gasteiger charge is 2.36. The van der Waals surface area contributed by atoms with Gasteiger partial charge in [-0.25, -0.2) is 0 Å². The number of carbonyl (C=O) groups excluding carboxylic acids is 1. The molecule has 2 aromatic carbocycles. The molecular weight excluding hydrogens is 419 g/mol. The zero-order chi connectivity index (χ0) is 21.9. The third-order valence-electron chi connectivity index (χ3n) is 4.90. The van der Waals surface area contributed by atoms with Gasteiger partial charge in [0, 0.05) is 19.6 Å². The molecule has 0 aromatic heterocycles. The third-order valence-corrected chi connectivity index (χ3v) is 6.83. The number of hydrogen-bond donors (Lipinski definition) is 1. The number of aryl methyl sites for hydroxylation is 1. The first kappa shape index (κ1) is 22.3. The molecule has 1 aliphatic rings. The van der Waals surface area contributed by atoms with Crippen LogP contribution >= 0.6 is 0 Å². The number of halogens is 3. The first-order chi connectivity index (χ1) is 14.1. The molecule has 0 radical (unpaired) electrons. The predicted octanol–water partition coefficient (Wildman–Crippen LogP) is 3.41. The van der Waals surface area contributed by atoms with E-state index in [4.69, 9.17) is 0 Å². The van der Waals surface area contributed by atoms with Crippen molar-refractivity contribution in [2.24, 2.45) is 0 Å². The molecule has 162 valence electrons. The van der Waals surface area contributed by atoms with Gasteiger partial charge in [-0.3, -0.25) is 4.79 Å². The smallest absolute Gasteiger partial charge is 0.324 e. The molecule has 1 N–H and O–H groups in total. The van der Waals surface area contributed by atoms with Gasteiger partial charge >= 0.3 is 6.18 Å². The Morgan fingerprint density at radius 2 is 1.67 bits per heavy atom. The first-order valence-electron chi connectivity index (χ1n) is 9.35. The van der Waals surface area contributed by atoms with Gasteiger partial charge in [0.2, 0.25) is 5.91 Å². The summed E-state index contributed by atoms with van der Waals surface area (Å²) in [5, 5.41) is 2.19. The van der Waals surface area contributed by atoms with Crippen molar-refractivity contribution in [2.45, 2.75) is 26.1 Å². The number of anilines is 1. The number of hydrogen-bond acceptors (Lipinski definition) is 3. The largest absolute Gasteiger partial charge is 0.418 e. The van der Waals surface area contributed by atoms with Crippen molar-refractivity contribution in [3.05, 3.63) is 65.2 Å². The van der Waals surface area contributed by atoms with Gasteiger partial charge in [-0.05, 0) is 36.6 Å². The lowest BCUT2D eigenvalue weighted by Crippen LogP contribution is -2.51. The van der Waals surface area contributed by atoms with Gasteiger partial charge in [0.25, 0.3) is 10.2 Å². The van der Waals surface area contributed by atoms with Gasteiger partial charge in [0.05, 0.1) is 17.8 Å². The number of alkyl halides is 3. The second kappa shape index (κ2) is 8.75. The van der Waals surface area contributed by atoms with Crippen molar-refractivity contribution in [3.8, 4) is 0 Å². The summed E-state index contributed by atoms with van der Waals surface area (Å²) < 4.78 is 67.5. The van der Waals surface area contributed by atoms with Gasteiger partial charge in [-0.1, -0.05) is 36.4 Å². The highest BCUT2D eigenvalue weighted by molar-refractivity contribution is 7.86. The summed E-state index contributed by atoms with van der Waals surface area (Å²) in [6.45, 7) is 1.94. The summed E-state index contributed by atoms with van der Waals surface area (Å²) in [4.78, 5) is 12.4. The van der Waals surface area contributed by atoms with Crippen LogP contribution in [0, 0.1) is 6.92 Å². The zero-order valence-corrected chi connectivity index (χ0v) is 17.1. The van der Waals surface area contributed by atoms with E-state index in [2.05, 4.69) is 5.32 Å². The number of carbonyl (C=O) groups is 1. The van der Waals surface area contributed by atoms with Crippen LogP contribution < -0.4 is 5.32 Å². The van der Waals surface area contributed by atoms with Crippen molar-refractivity contribution < 1.29 is 26.4 Å². The van der Waals surface area contributed by atoms with Crippen molar-refractivity contribution in [1.82, 2.24) is 8.61 Å². The molecule has 10 heteroatoms. The van der Waals surface area contributed by atoms with Crippen molar-refractivity contribution in [2.75, 3.05) is 25.0 Å². The Hall–Kier alpha value is -2.43. The van der Waals surface area contributed by atoms with Gasteiger partial charge in [0.1, 0.15) is 0 Å². The van der Waals surface area contributed by atoms with E-state index in [9.17, 15) is 26.4 Å². The summed E-state index contributed by atoms with van der Waals surface area (Å²) >= 11 is 0. The molecule has 3 rings (SSSR count). The van der Waals surface area contributed by atoms with Crippen LogP contribution in [-0.4, -0.2) is 42.6 Å². The van der Waals surface area contributed by atoms with Gasteiger partial charge < -0.3 is 5.32 Å². The molecule has 6 nitrogen and oxygen atoms in total. The average Bonchev–Trinajstić information content (AvgIpc) is 2.66. The quantitative estimate of drug-likeness (QED) is 0.773. The number of benzene rings is 2. The van der Waals surface area contributed by atoms with Crippen molar-refractivity contribution in [3.63, 3.8) is 0 Å². The molecule has 1 heterocycles. The summed E-state index contributed by atoms with van der Waals surface area (Å²) in [5.41, 5.74) is 0.417. The Morgan fingerprint density at radius 1 is 1.03 bits per heavy atom. The monoisotopic (exact) mass is 441 g/mol. The lowest BCUT2D eigenvalue weighted by atomic mass is 10.1. The molecular formula is C20H22F3N3O3S. The summed E-state index contributed by atoms with van der Waals surface area (Å²) in [6, 6.07) is 12.0. The fourth-order valence-corrected chi connectivity index (χ4v) is 4.93. The number of nitrogens with one attached hydrogen (secondary N) is 1. The molecule has 1 aliphatic heterocycles. The van der Waals surface area contributed by atoms with E-state index in [0.29, 0.717) is 13.0 Å². The summed E-state index contributed by atoms with van der Waals surface area (Å²) in [7, 11) is -3.92. The van der Waals surface area contributed by atoms with Crippen LogP contribution in [0.3, 0.4) is 0 Å². The van der Waals surface area contributed by atoms with Crippen LogP contribution in [0.1, 0.15) is 23.1 Å². The Bertz CT molecular complexity index is 1030. The second-order valence-electron chi connectivity index (χ2n) is 7.05. The minimum Gasteiger partial charge on any atom is -0.324 e. The Labute approximate surface area is 173 Å². The van der Waals surface area contributed by atoms with E-state index in [1.807, 2.05) is 31.2 Å². The molecule has 2 aromatic rings. The SMILES string of the molecule is Cc1ccccc1CN1CCCN(CC(=O)Nc2ccccc2C(F)(F)F)S1(=O)=O. The molecule has 0 atom stereocenters. The van der Waals surface area contributed by atoms with E-state index < -0.39 is 40.1 Å². The third kappa shape index (κ3) is 5.00. The minimum absolute atomic E-state index is 0.126. The molecule has 1 amide bonds. The standard InChI is InChI=1S/C20H22F3N3O3S/c1-15-7-2-3-8-16(15)13-25-11-6-12-26(30(25,28)29)14-19(27)24-18-10-5-4-9-17(18)20(21,22)23/h2-5,7-10H,6,11-14H2,1H3,(H,24,27). The highest BCUT2D eigenvalue weighted by Crippen LogP contribution is 2.34. The molecule has 1 saturated heterocycles. The first-order valence-corrected chi connectivity index (χ1v) is 10.7. The predicted molar refractivity (Wildman–Crippen MR) is 107 cm³/mol. The van der Waals surface area contributed by atoms with E-state index in [0.717, 1.165) is 27.6 Å². The van der Waals surface area contributed by atoms with E-state index >= 15 is 0 Å². The summed E-state index contributed by atoms with van der Waals surface area (Å²) in [5.74, 6) is -0.826.